The van der Waals surface area contributed by atoms with Gasteiger partial charge in [-0.15, -0.1) is 0 Å². The lowest BCUT2D eigenvalue weighted by Crippen LogP contribution is -2.41. The number of carbonyl (C=O) groups excluding carboxylic acids is 1. The minimum atomic E-state index is -0.0152. The molecule has 0 radical (unpaired) electrons. The Balaban J connectivity index is 1.12. The average Bonchev–Trinajstić information content (AvgIpc) is 3.51. The van der Waals surface area contributed by atoms with Gasteiger partial charge in [0.25, 0.3) is 5.91 Å². The van der Waals surface area contributed by atoms with Crippen LogP contribution in [0.3, 0.4) is 0 Å². The van der Waals surface area contributed by atoms with Gasteiger partial charge in [-0.2, -0.15) is 0 Å². The van der Waals surface area contributed by atoms with Crippen molar-refractivity contribution in [1.82, 2.24) is 14.8 Å². The molecule has 53 heavy (non-hydrogen) atoms. The third-order valence-electron chi connectivity index (χ3n) is 11.6. The number of fused-ring (bicyclic) bond motifs is 1. The van der Waals surface area contributed by atoms with Gasteiger partial charge < -0.3 is 33.9 Å². The van der Waals surface area contributed by atoms with Crippen LogP contribution in [0.15, 0.2) is 60.7 Å². The predicted octanol–water partition coefficient (Wildman–Crippen LogP) is 7.61. The number of hydrogen-bond donors (Lipinski definition) is 1. The number of nitrogens with one attached hydrogen (secondary N) is 1. The number of aryl methyl sites for hydroxylation is 1. The van der Waals surface area contributed by atoms with Crippen molar-refractivity contribution in [2.45, 2.75) is 64.4 Å². The number of carbonyl (C=O) groups is 1. The zero-order chi connectivity index (χ0) is 36.6. The van der Waals surface area contributed by atoms with Crippen molar-refractivity contribution >= 4 is 28.2 Å². The van der Waals surface area contributed by atoms with Crippen LogP contribution in [-0.2, 0) is 23.1 Å². The molecule has 4 aromatic rings. The summed E-state index contributed by atoms with van der Waals surface area (Å²) in [5, 5.41) is 4.42. The first-order chi connectivity index (χ1) is 26.0. The monoisotopic (exact) mass is 721 g/mol. The van der Waals surface area contributed by atoms with Gasteiger partial charge in [0, 0.05) is 93.3 Å². The zero-order valence-corrected chi connectivity index (χ0v) is 32.2. The molecular formula is C44H59N5O4. The molecule has 284 valence electrons. The highest BCUT2D eigenvalue weighted by Crippen LogP contribution is 2.44. The van der Waals surface area contributed by atoms with E-state index < -0.39 is 0 Å². The van der Waals surface area contributed by atoms with Crippen LogP contribution >= 0.6 is 0 Å². The number of amides is 1. The summed E-state index contributed by atoms with van der Waals surface area (Å²) in [6.45, 7) is 11.9. The lowest BCUT2D eigenvalue weighted by atomic mass is 9.82. The molecule has 3 aromatic carbocycles. The lowest BCUT2D eigenvalue weighted by molar-refractivity contribution is 0.0383. The molecule has 9 nitrogen and oxygen atoms in total. The van der Waals surface area contributed by atoms with Crippen LogP contribution in [0.5, 0.6) is 5.75 Å². The number of ether oxygens (including phenoxy) is 3. The summed E-state index contributed by atoms with van der Waals surface area (Å²) in [4.78, 5) is 20.4. The summed E-state index contributed by atoms with van der Waals surface area (Å²) in [5.74, 6) is 1.35. The Morgan fingerprint density at radius 3 is 2.38 bits per heavy atom. The fraction of sp³-hybridized carbons (Fsp3) is 0.523. The van der Waals surface area contributed by atoms with Crippen LogP contribution in [0.1, 0.15) is 79.3 Å². The standard InChI is InChI=1S/C44H59N5O4/c1-4-5-20-46(2)37-14-18-40(49-24-28-52-29-25-49)36(30-37)32-53-38-15-11-34(12-16-38)43-42(33-9-7-6-8-10-33)39-17-13-35(31-41(39)47(43)3)44(50)45-19-21-48-22-26-51-27-23-48/h11-18,30-31,33H,4-10,19-29,32H2,1-3H3,(H,45,50). The molecule has 0 spiro atoms. The van der Waals surface area contributed by atoms with Gasteiger partial charge in [-0.1, -0.05) is 38.7 Å². The Kier molecular flexibility index (Phi) is 12.6. The topological polar surface area (TPSA) is 71.4 Å². The number of unbranched alkanes of at least 4 members (excludes halogenated alkanes) is 1. The van der Waals surface area contributed by atoms with Gasteiger partial charge in [0.15, 0.2) is 0 Å². The van der Waals surface area contributed by atoms with Crippen molar-refractivity contribution in [2.24, 2.45) is 7.05 Å². The third-order valence-corrected chi connectivity index (χ3v) is 11.6. The Labute approximate surface area is 316 Å². The van der Waals surface area contributed by atoms with Crippen LogP contribution in [0.25, 0.3) is 22.2 Å². The predicted molar refractivity (Wildman–Crippen MR) is 216 cm³/mol. The van der Waals surface area contributed by atoms with E-state index in [-0.39, 0.29) is 5.91 Å². The quantitative estimate of drug-likeness (QED) is 0.144. The molecule has 9 heteroatoms. The average molecular weight is 722 g/mol. The van der Waals surface area contributed by atoms with Crippen molar-refractivity contribution in [2.75, 3.05) is 89.1 Å². The summed E-state index contributed by atoms with van der Waals surface area (Å²) in [6.07, 6.45) is 8.59. The summed E-state index contributed by atoms with van der Waals surface area (Å²) in [7, 11) is 4.34. The van der Waals surface area contributed by atoms with Crippen molar-refractivity contribution in [3.63, 3.8) is 0 Å². The zero-order valence-electron chi connectivity index (χ0n) is 32.2. The summed E-state index contributed by atoms with van der Waals surface area (Å²) < 4.78 is 20.0. The Morgan fingerprint density at radius 2 is 1.64 bits per heavy atom. The van der Waals surface area contributed by atoms with Crippen LogP contribution in [-0.4, -0.2) is 94.7 Å². The molecule has 0 atom stereocenters. The fourth-order valence-electron chi connectivity index (χ4n) is 8.45. The molecule has 1 N–H and O–H groups in total. The lowest BCUT2D eigenvalue weighted by Gasteiger charge is -2.31. The van der Waals surface area contributed by atoms with E-state index in [2.05, 4.69) is 100 Å². The second-order valence-electron chi connectivity index (χ2n) is 15.1. The van der Waals surface area contributed by atoms with E-state index in [1.807, 2.05) is 6.07 Å². The molecule has 1 aliphatic carbocycles. The first kappa shape index (κ1) is 37.3. The van der Waals surface area contributed by atoms with E-state index in [0.29, 0.717) is 24.6 Å². The normalized spacial score (nSPS) is 17.3. The minimum absolute atomic E-state index is 0.0152. The molecule has 0 unspecified atom stereocenters. The van der Waals surface area contributed by atoms with E-state index >= 15 is 0 Å². The Morgan fingerprint density at radius 1 is 0.906 bits per heavy atom. The molecule has 2 aliphatic heterocycles. The molecular weight excluding hydrogens is 663 g/mol. The highest BCUT2D eigenvalue weighted by atomic mass is 16.5. The number of hydrogen-bond acceptors (Lipinski definition) is 7. The molecule has 2 saturated heterocycles. The number of rotatable bonds is 14. The van der Waals surface area contributed by atoms with Gasteiger partial charge >= 0.3 is 0 Å². The smallest absolute Gasteiger partial charge is 0.251 e. The molecule has 1 amide bonds. The van der Waals surface area contributed by atoms with E-state index in [1.54, 1.807) is 0 Å². The molecule has 3 aliphatic rings. The molecule has 1 saturated carbocycles. The maximum Gasteiger partial charge on any atom is 0.251 e. The van der Waals surface area contributed by atoms with Crippen LogP contribution in [0.2, 0.25) is 0 Å². The number of aromatic nitrogens is 1. The van der Waals surface area contributed by atoms with Crippen LogP contribution < -0.4 is 19.9 Å². The largest absolute Gasteiger partial charge is 0.489 e. The Bertz CT molecular complexity index is 1800. The van der Waals surface area contributed by atoms with Crippen LogP contribution in [0, 0.1) is 0 Å². The van der Waals surface area contributed by atoms with E-state index in [9.17, 15) is 4.79 Å². The highest BCUT2D eigenvalue weighted by Gasteiger charge is 2.26. The third kappa shape index (κ3) is 8.85. The molecule has 7 rings (SSSR count). The molecule has 0 bridgehead atoms. The van der Waals surface area contributed by atoms with Crippen molar-refractivity contribution < 1.29 is 19.0 Å². The van der Waals surface area contributed by atoms with Gasteiger partial charge in [-0.25, -0.2) is 0 Å². The van der Waals surface area contributed by atoms with Crippen LogP contribution in [0.4, 0.5) is 11.4 Å². The van der Waals surface area contributed by atoms with Gasteiger partial charge in [0.2, 0.25) is 0 Å². The van der Waals surface area contributed by atoms with Gasteiger partial charge in [-0.05, 0) is 90.9 Å². The van der Waals surface area contributed by atoms with Crippen molar-refractivity contribution in [1.29, 1.82) is 0 Å². The Hall–Kier alpha value is -4.05. The number of benzene rings is 3. The number of nitrogens with zero attached hydrogens (tertiary/aromatic N) is 4. The minimum Gasteiger partial charge on any atom is -0.489 e. The highest BCUT2D eigenvalue weighted by molar-refractivity contribution is 6.00. The van der Waals surface area contributed by atoms with Crippen molar-refractivity contribution in [3.05, 3.63) is 77.4 Å². The first-order valence-corrected chi connectivity index (χ1v) is 20.1. The van der Waals surface area contributed by atoms with E-state index in [4.69, 9.17) is 14.2 Å². The van der Waals surface area contributed by atoms with E-state index in [0.717, 1.165) is 77.0 Å². The maximum atomic E-state index is 13.3. The summed E-state index contributed by atoms with van der Waals surface area (Å²) in [5.41, 5.74) is 9.34. The van der Waals surface area contributed by atoms with E-state index in [1.165, 1.54) is 84.1 Å². The maximum absolute atomic E-state index is 13.3. The van der Waals surface area contributed by atoms with Gasteiger partial charge in [-0.3, -0.25) is 9.69 Å². The SMILES string of the molecule is CCCCN(C)c1ccc(N2CCOCC2)c(COc2ccc(-c3c(C4CCCCC4)c4ccc(C(=O)NCCN5CCOCC5)cc4n3C)cc2)c1. The van der Waals surface area contributed by atoms with Crippen molar-refractivity contribution in [3.8, 4) is 17.0 Å². The summed E-state index contributed by atoms with van der Waals surface area (Å²) >= 11 is 0. The second-order valence-corrected chi connectivity index (χ2v) is 15.1. The van der Waals surface area contributed by atoms with Gasteiger partial charge in [0.1, 0.15) is 12.4 Å². The molecule has 1 aromatic heterocycles. The fourth-order valence-corrected chi connectivity index (χ4v) is 8.45. The number of anilines is 2. The first-order valence-electron chi connectivity index (χ1n) is 20.1. The number of morpholine rings is 2. The second kappa shape index (κ2) is 17.9. The van der Waals surface area contributed by atoms with Gasteiger partial charge in [0.05, 0.1) is 32.1 Å². The summed E-state index contributed by atoms with van der Waals surface area (Å²) in [6, 6.07) is 21.8. The molecule has 3 heterocycles. The molecule has 3 fully saturated rings.